The molecular formula is C27H28N2O6S. The fourth-order valence-electron chi connectivity index (χ4n) is 4.11. The third-order valence-electron chi connectivity index (χ3n) is 5.73. The molecule has 4 rings (SSSR count). The molecule has 0 N–H and O–H groups in total. The Labute approximate surface area is 212 Å². The van der Waals surface area contributed by atoms with E-state index in [1.807, 2.05) is 43.3 Å². The van der Waals surface area contributed by atoms with Gasteiger partial charge in [-0.25, -0.2) is 9.79 Å². The molecule has 0 spiro atoms. The Morgan fingerprint density at radius 2 is 1.78 bits per heavy atom. The molecule has 0 saturated carbocycles. The summed E-state index contributed by atoms with van der Waals surface area (Å²) in [5, 5.41) is 0. The number of allylic oxidation sites excluding steroid dienone is 1. The van der Waals surface area contributed by atoms with Crippen molar-refractivity contribution >= 4 is 23.4 Å². The van der Waals surface area contributed by atoms with Gasteiger partial charge >= 0.3 is 5.97 Å². The van der Waals surface area contributed by atoms with Crippen LogP contribution in [0.3, 0.4) is 0 Å². The first kappa shape index (κ1) is 25.2. The number of nitrogens with zero attached hydrogens (tertiary/aromatic N) is 2. The lowest BCUT2D eigenvalue weighted by Gasteiger charge is -2.25. The number of thiazole rings is 1. The van der Waals surface area contributed by atoms with E-state index >= 15 is 0 Å². The van der Waals surface area contributed by atoms with Crippen molar-refractivity contribution in [2.75, 3.05) is 27.4 Å². The van der Waals surface area contributed by atoms with Crippen LogP contribution in [-0.2, 0) is 9.53 Å². The van der Waals surface area contributed by atoms with Crippen LogP contribution in [0.4, 0.5) is 0 Å². The van der Waals surface area contributed by atoms with Crippen molar-refractivity contribution in [3.05, 3.63) is 84.5 Å². The van der Waals surface area contributed by atoms with Gasteiger partial charge in [-0.15, -0.1) is 0 Å². The molecule has 8 nitrogen and oxygen atoms in total. The minimum absolute atomic E-state index is 0.205. The number of ether oxygens (including phenoxy) is 4. The van der Waals surface area contributed by atoms with E-state index in [9.17, 15) is 9.59 Å². The van der Waals surface area contributed by atoms with Gasteiger partial charge in [-0.3, -0.25) is 9.36 Å². The van der Waals surface area contributed by atoms with Gasteiger partial charge in [0.1, 0.15) is 5.75 Å². The summed E-state index contributed by atoms with van der Waals surface area (Å²) in [4.78, 5) is 31.9. The van der Waals surface area contributed by atoms with Gasteiger partial charge in [0.2, 0.25) is 0 Å². The number of hydrogen-bond acceptors (Lipinski definition) is 8. The lowest BCUT2D eigenvalue weighted by atomic mass is 9.95. The predicted molar refractivity (Wildman–Crippen MR) is 138 cm³/mol. The average Bonchev–Trinajstić information content (AvgIpc) is 3.18. The van der Waals surface area contributed by atoms with Crippen LogP contribution in [-0.4, -0.2) is 38.0 Å². The van der Waals surface area contributed by atoms with Crippen LogP contribution < -0.4 is 29.1 Å². The number of carbonyl (C=O) groups is 1. The molecule has 0 unspecified atom stereocenters. The second kappa shape index (κ2) is 10.8. The molecule has 188 valence electrons. The zero-order valence-corrected chi connectivity index (χ0v) is 21.7. The number of hydrogen-bond donors (Lipinski definition) is 0. The van der Waals surface area contributed by atoms with Crippen LogP contribution in [0.1, 0.15) is 37.9 Å². The molecule has 36 heavy (non-hydrogen) atoms. The Kier molecular flexibility index (Phi) is 7.59. The van der Waals surface area contributed by atoms with Gasteiger partial charge in [0, 0.05) is 0 Å². The molecule has 0 bridgehead atoms. The van der Waals surface area contributed by atoms with E-state index in [1.54, 1.807) is 37.7 Å². The summed E-state index contributed by atoms with van der Waals surface area (Å²) in [6.45, 7) is 6.21. The second-order valence-electron chi connectivity index (χ2n) is 7.92. The van der Waals surface area contributed by atoms with Gasteiger partial charge in [0.15, 0.2) is 16.3 Å². The minimum Gasteiger partial charge on any atom is -0.494 e. The Morgan fingerprint density at radius 1 is 1.06 bits per heavy atom. The van der Waals surface area contributed by atoms with Gasteiger partial charge in [-0.2, -0.15) is 0 Å². The van der Waals surface area contributed by atoms with Crippen LogP contribution in [0.25, 0.3) is 6.08 Å². The number of carbonyl (C=O) groups excluding carboxylic acids is 1. The summed E-state index contributed by atoms with van der Waals surface area (Å²) >= 11 is 1.27. The first-order valence-corrected chi connectivity index (χ1v) is 12.4. The first-order valence-electron chi connectivity index (χ1n) is 11.6. The predicted octanol–water partition coefficient (Wildman–Crippen LogP) is 3.21. The van der Waals surface area contributed by atoms with Gasteiger partial charge < -0.3 is 18.9 Å². The van der Waals surface area contributed by atoms with Gasteiger partial charge in [-0.05, 0) is 62.2 Å². The lowest BCUT2D eigenvalue weighted by Crippen LogP contribution is -2.39. The summed E-state index contributed by atoms with van der Waals surface area (Å²) in [5.41, 5.74) is 2.10. The Balaban J connectivity index is 1.91. The molecular weight excluding hydrogens is 480 g/mol. The maximum absolute atomic E-state index is 13.7. The van der Waals surface area contributed by atoms with Crippen molar-refractivity contribution < 1.29 is 23.7 Å². The topological polar surface area (TPSA) is 88.4 Å². The minimum atomic E-state index is -0.734. The maximum Gasteiger partial charge on any atom is 0.338 e. The third-order valence-corrected chi connectivity index (χ3v) is 6.71. The van der Waals surface area contributed by atoms with E-state index in [-0.39, 0.29) is 12.2 Å². The van der Waals surface area contributed by atoms with E-state index in [2.05, 4.69) is 4.99 Å². The highest BCUT2D eigenvalue weighted by Crippen LogP contribution is 2.36. The molecule has 0 saturated heterocycles. The van der Waals surface area contributed by atoms with Crippen molar-refractivity contribution in [2.24, 2.45) is 4.99 Å². The Bertz CT molecular complexity index is 1480. The van der Waals surface area contributed by atoms with Crippen molar-refractivity contribution in [1.29, 1.82) is 0 Å². The highest BCUT2D eigenvalue weighted by atomic mass is 32.1. The van der Waals surface area contributed by atoms with E-state index in [0.717, 1.165) is 11.3 Å². The average molecular weight is 509 g/mol. The first-order chi connectivity index (χ1) is 17.4. The second-order valence-corrected chi connectivity index (χ2v) is 8.93. The molecule has 0 radical (unpaired) electrons. The SMILES string of the molecule is CCOC(=O)C1=C(C)N=c2s/c(=C/c3ccc(OCC)cc3)c(=O)n2[C@@H]1c1ccc(OC)c(OC)c1. The summed E-state index contributed by atoms with van der Waals surface area (Å²) in [6.07, 6.45) is 1.81. The van der Waals surface area contributed by atoms with Crippen molar-refractivity contribution in [1.82, 2.24) is 4.57 Å². The molecule has 0 fully saturated rings. The summed E-state index contributed by atoms with van der Waals surface area (Å²) in [6, 6.07) is 12.1. The number of rotatable bonds is 8. The lowest BCUT2D eigenvalue weighted by molar-refractivity contribution is -0.139. The van der Waals surface area contributed by atoms with Gasteiger partial charge in [-0.1, -0.05) is 29.5 Å². The van der Waals surface area contributed by atoms with Crippen LogP contribution in [0.5, 0.6) is 17.2 Å². The van der Waals surface area contributed by atoms with E-state index in [0.29, 0.717) is 44.3 Å². The number of aromatic nitrogens is 1. The normalized spacial score (nSPS) is 15.2. The molecule has 2 aromatic carbocycles. The zero-order chi connectivity index (χ0) is 25.8. The fourth-order valence-corrected chi connectivity index (χ4v) is 5.15. The molecule has 1 atom stereocenters. The largest absolute Gasteiger partial charge is 0.494 e. The number of benzene rings is 2. The molecule has 1 aromatic heterocycles. The maximum atomic E-state index is 13.7. The van der Waals surface area contributed by atoms with E-state index < -0.39 is 12.0 Å². The van der Waals surface area contributed by atoms with E-state index in [4.69, 9.17) is 18.9 Å². The quantitative estimate of drug-likeness (QED) is 0.434. The molecule has 3 aromatic rings. The third kappa shape index (κ3) is 4.79. The standard InChI is InChI=1S/C27H28N2O6S/c1-6-34-19-11-8-17(9-12-19)14-22-25(30)29-24(18-10-13-20(32-4)21(15-18)33-5)23(26(31)35-7-2)16(3)28-27(29)36-22/h8-15,24H,6-7H2,1-5H3/b22-14+/t24-/m1/s1. The highest BCUT2D eigenvalue weighted by molar-refractivity contribution is 7.07. The van der Waals surface area contributed by atoms with Crippen LogP contribution in [0, 0.1) is 0 Å². The van der Waals surface area contributed by atoms with Crippen LogP contribution in [0.15, 0.2) is 63.5 Å². The summed E-state index contributed by atoms with van der Waals surface area (Å²) in [7, 11) is 3.09. The fraction of sp³-hybridized carbons (Fsp3) is 0.296. The monoisotopic (exact) mass is 508 g/mol. The highest BCUT2D eigenvalue weighted by Gasteiger charge is 2.33. The Morgan fingerprint density at radius 3 is 2.42 bits per heavy atom. The van der Waals surface area contributed by atoms with Crippen molar-refractivity contribution in [2.45, 2.75) is 26.8 Å². The molecule has 9 heteroatoms. The molecule has 1 aliphatic rings. The number of fused-ring (bicyclic) bond motifs is 1. The number of esters is 1. The molecule has 0 aliphatic carbocycles. The summed E-state index contributed by atoms with van der Waals surface area (Å²) < 4.78 is 23.8. The van der Waals surface area contributed by atoms with Crippen molar-refractivity contribution in [3.63, 3.8) is 0 Å². The van der Waals surface area contributed by atoms with Gasteiger partial charge in [0.05, 0.1) is 49.3 Å². The van der Waals surface area contributed by atoms with Crippen LogP contribution in [0.2, 0.25) is 0 Å². The van der Waals surface area contributed by atoms with Gasteiger partial charge in [0.25, 0.3) is 5.56 Å². The summed E-state index contributed by atoms with van der Waals surface area (Å²) in [5.74, 6) is 1.28. The molecule has 2 heterocycles. The van der Waals surface area contributed by atoms with Crippen LogP contribution >= 0.6 is 11.3 Å². The Hall–Kier alpha value is -3.85. The number of methoxy groups -OCH3 is 2. The van der Waals surface area contributed by atoms with E-state index in [1.165, 1.54) is 18.4 Å². The molecule has 0 amide bonds. The van der Waals surface area contributed by atoms with Crippen molar-refractivity contribution in [3.8, 4) is 17.2 Å². The molecule has 1 aliphatic heterocycles. The smallest absolute Gasteiger partial charge is 0.338 e. The zero-order valence-electron chi connectivity index (χ0n) is 20.9.